The number of aromatic nitrogens is 5. The van der Waals surface area contributed by atoms with Crippen LogP contribution in [-0.4, -0.2) is 36.1 Å². The van der Waals surface area contributed by atoms with E-state index < -0.39 is 0 Å². The van der Waals surface area contributed by atoms with Crippen molar-refractivity contribution < 1.29 is 0 Å². The predicted molar refractivity (Wildman–Crippen MR) is 139 cm³/mol. The fourth-order valence-electron chi connectivity index (χ4n) is 6.53. The molecule has 2 fully saturated rings. The molecule has 2 heterocycles. The maximum atomic E-state index is 13.3. The van der Waals surface area contributed by atoms with Crippen LogP contribution in [0.4, 0.5) is 0 Å². The Labute approximate surface area is 208 Å². The first kappa shape index (κ1) is 24.2. The van der Waals surface area contributed by atoms with Gasteiger partial charge < -0.3 is 4.98 Å². The summed E-state index contributed by atoms with van der Waals surface area (Å²) in [7, 11) is 0. The van der Waals surface area contributed by atoms with Crippen molar-refractivity contribution in [1.29, 1.82) is 0 Å². The number of pyridine rings is 1. The lowest BCUT2D eigenvalue weighted by Gasteiger charge is -2.41. The Kier molecular flexibility index (Phi) is 7.05. The smallest absolute Gasteiger partial charge is 0.252 e. The van der Waals surface area contributed by atoms with Crippen molar-refractivity contribution in [2.24, 2.45) is 5.92 Å². The Balaban J connectivity index is 1.57. The van der Waals surface area contributed by atoms with E-state index >= 15 is 0 Å². The fraction of sp³-hybridized carbons (Fsp3) is 0.643. The highest BCUT2D eigenvalue weighted by Gasteiger charge is 2.36. The summed E-state index contributed by atoms with van der Waals surface area (Å²) in [4.78, 5) is 19.1. The van der Waals surface area contributed by atoms with Gasteiger partial charge in [-0.05, 0) is 79.1 Å². The molecule has 5 rings (SSSR count). The molecule has 2 aliphatic rings. The van der Waals surface area contributed by atoms with Crippen molar-refractivity contribution in [3.63, 3.8) is 0 Å². The molecule has 7 heteroatoms. The maximum Gasteiger partial charge on any atom is 0.252 e. The molecule has 188 valence electrons. The largest absolute Gasteiger partial charge is 0.322 e. The molecule has 35 heavy (non-hydrogen) atoms. The lowest BCUT2D eigenvalue weighted by atomic mass is 9.90. The molecular formula is C28H40N6O. The van der Waals surface area contributed by atoms with Crippen LogP contribution in [0.15, 0.2) is 23.0 Å². The second-order valence-electron chi connectivity index (χ2n) is 11.2. The van der Waals surface area contributed by atoms with Crippen LogP contribution in [0, 0.1) is 19.8 Å². The molecule has 0 bridgehead atoms. The van der Waals surface area contributed by atoms with Gasteiger partial charge in [0.15, 0.2) is 5.82 Å². The zero-order valence-electron chi connectivity index (χ0n) is 21.8. The summed E-state index contributed by atoms with van der Waals surface area (Å²) in [6.07, 6.45) is 10.9. The van der Waals surface area contributed by atoms with Crippen molar-refractivity contribution in [3.8, 4) is 0 Å². The molecule has 7 nitrogen and oxygen atoms in total. The molecule has 1 atom stereocenters. The minimum atomic E-state index is 0.0150. The van der Waals surface area contributed by atoms with Gasteiger partial charge in [0.1, 0.15) is 0 Å². The van der Waals surface area contributed by atoms with Gasteiger partial charge in [-0.3, -0.25) is 9.69 Å². The molecule has 0 saturated heterocycles. The third-order valence-corrected chi connectivity index (χ3v) is 8.23. The Morgan fingerprint density at radius 3 is 2.46 bits per heavy atom. The molecule has 0 radical (unpaired) electrons. The van der Waals surface area contributed by atoms with Crippen molar-refractivity contribution in [2.75, 3.05) is 0 Å². The molecule has 2 saturated carbocycles. The Bertz CT molecular complexity index is 1220. The first-order chi connectivity index (χ1) is 16.9. The van der Waals surface area contributed by atoms with E-state index in [0.717, 1.165) is 48.0 Å². The van der Waals surface area contributed by atoms with Gasteiger partial charge in [-0.15, -0.1) is 5.10 Å². The average molecular weight is 477 g/mol. The van der Waals surface area contributed by atoms with Crippen LogP contribution in [0.2, 0.25) is 0 Å². The van der Waals surface area contributed by atoms with Crippen LogP contribution in [0.3, 0.4) is 0 Å². The normalized spacial score (nSPS) is 18.8. The number of aromatic amines is 1. The fourth-order valence-corrected chi connectivity index (χ4v) is 6.53. The molecule has 2 aliphatic carbocycles. The molecular weight excluding hydrogens is 436 g/mol. The molecule has 2 aromatic heterocycles. The zero-order chi connectivity index (χ0) is 24.5. The number of fused-ring (bicyclic) bond motifs is 1. The highest BCUT2D eigenvalue weighted by Crippen LogP contribution is 2.38. The average Bonchev–Trinajstić information content (AvgIpc) is 3.52. The summed E-state index contributed by atoms with van der Waals surface area (Å²) in [6.45, 7) is 9.36. The number of benzene rings is 1. The van der Waals surface area contributed by atoms with Gasteiger partial charge in [0, 0.05) is 29.1 Å². The number of H-pyrrole nitrogens is 1. The van der Waals surface area contributed by atoms with E-state index in [-0.39, 0.29) is 11.6 Å². The highest BCUT2D eigenvalue weighted by atomic mass is 16.1. The molecule has 1 unspecified atom stereocenters. The first-order valence-corrected chi connectivity index (χ1v) is 13.6. The van der Waals surface area contributed by atoms with Crippen molar-refractivity contribution in [3.05, 3.63) is 51.1 Å². The van der Waals surface area contributed by atoms with Crippen molar-refractivity contribution in [2.45, 2.75) is 110 Å². The summed E-state index contributed by atoms with van der Waals surface area (Å²) in [5, 5.41) is 14.4. The number of rotatable bonds is 7. The summed E-state index contributed by atoms with van der Waals surface area (Å²) in [6, 6.07) is 7.27. The van der Waals surface area contributed by atoms with E-state index in [0.29, 0.717) is 24.5 Å². The van der Waals surface area contributed by atoms with Crippen LogP contribution in [0.25, 0.3) is 10.9 Å². The van der Waals surface area contributed by atoms with E-state index in [1.54, 1.807) is 0 Å². The van der Waals surface area contributed by atoms with Crippen LogP contribution < -0.4 is 5.56 Å². The second-order valence-corrected chi connectivity index (χ2v) is 11.2. The van der Waals surface area contributed by atoms with Crippen LogP contribution in [0.1, 0.15) is 106 Å². The predicted octanol–water partition coefficient (Wildman–Crippen LogP) is 5.78. The minimum absolute atomic E-state index is 0.0150. The molecule has 3 aromatic rings. The zero-order valence-corrected chi connectivity index (χ0v) is 21.8. The van der Waals surface area contributed by atoms with E-state index in [1.807, 2.05) is 0 Å². The topological polar surface area (TPSA) is 79.7 Å². The van der Waals surface area contributed by atoms with Crippen LogP contribution in [-0.2, 0) is 6.54 Å². The summed E-state index contributed by atoms with van der Waals surface area (Å²) >= 11 is 0. The van der Waals surface area contributed by atoms with Gasteiger partial charge in [-0.1, -0.05) is 52.0 Å². The lowest BCUT2D eigenvalue weighted by Crippen LogP contribution is -2.43. The second kappa shape index (κ2) is 10.2. The van der Waals surface area contributed by atoms with Gasteiger partial charge in [0.25, 0.3) is 5.56 Å². The Morgan fingerprint density at radius 2 is 1.74 bits per heavy atom. The van der Waals surface area contributed by atoms with E-state index in [9.17, 15) is 4.79 Å². The number of aryl methyl sites for hydroxylation is 2. The van der Waals surface area contributed by atoms with Crippen LogP contribution >= 0.6 is 0 Å². The molecule has 1 aromatic carbocycles. The van der Waals surface area contributed by atoms with Crippen molar-refractivity contribution >= 4 is 10.9 Å². The first-order valence-electron chi connectivity index (χ1n) is 13.6. The van der Waals surface area contributed by atoms with Crippen LogP contribution in [0.5, 0.6) is 0 Å². The monoisotopic (exact) mass is 476 g/mol. The molecule has 0 spiro atoms. The van der Waals surface area contributed by atoms with E-state index in [2.05, 4.69) is 76.0 Å². The molecule has 0 aliphatic heterocycles. The third-order valence-electron chi connectivity index (χ3n) is 8.23. The quantitative estimate of drug-likeness (QED) is 0.468. The summed E-state index contributed by atoms with van der Waals surface area (Å²) in [5.74, 6) is 1.30. The lowest BCUT2D eigenvalue weighted by molar-refractivity contribution is 0.0598. The van der Waals surface area contributed by atoms with Gasteiger partial charge >= 0.3 is 0 Å². The molecule has 0 amide bonds. The standard InChI is InChI=1S/C28H40N6O/c1-18(2)26(27-30-31-32-34(27)23-12-8-9-13-23)33(22-10-6-5-7-11-22)17-21-16-24-20(4)14-19(3)15-25(24)29-28(21)35/h14-16,18,22-23,26H,5-13,17H2,1-4H3,(H,29,35). The number of nitrogens with one attached hydrogen (secondary N) is 1. The SMILES string of the molecule is Cc1cc(C)c2cc(CN(C3CCCCC3)C(c3nnnn3C3CCCC3)C(C)C)c(=O)[nH]c2c1. The number of tetrazole rings is 1. The highest BCUT2D eigenvalue weighted by molar-refractivity contribution is 5.83. The van der Waals surface area contributed by atoms with Gasteiger partial charge in [0.05, 0.1) is 12.1 Å². The summed E-state index contributed by atoms with van der Waals surface area (Å²) in [5.41, 5.74) is 4.14. The number of hydrogen-bond acceptors (Lipinski definition) is 5. The van der Waals surface area contributed by atoms with E-state index in [1.165, 1.54) is 43.2 Å². The van der Waals surface area contributed by atoms with Gasteiger partial charge in [-0.25, -0.2) is 4.68 Å². The van der Waals surface area contributed by atoms with Gasteiger partial charge in [0.2, 0.25) is 0 Å². The minimum Gasteiger partial charge on any atom is -0.322 e. The van der Waals surface area contributed by atoms with Crippen molar-refractivity contribution in [1.82, 2.24) is 30.1 Å². The van der Waals surface area contributed by atoms with E-state index in [4.69, 9.17) is 0 Å². The third kappa shape index (κ3) is 4.92. The maximum absolute atomic E-state index is 13.3. The molecule has 1 N–H and O–H groups in total. The number of hydrogen-bond donors (Lipinski definition) is 1. The van der Waals surface area contributed by atoms with Gasteiger partial charge in [-0.2, -0.15) is 0 Å². The number of nitrogens with zero attached hydrogens (tertiary/aromatic N) is 5. The summed E-state index contributed by atoms with van der Waals surface area (Å²) < 4.78 is 2.12. The Hall–Kier alpha value is -2.54. The Morgan fingerprint density at radius 1 is 1.03 bits per heavy atom.